The molecule has 0 saturated heterocycles. The minimum absolute atomic E-state index is 0.0484. The molecule has 0 aliphatic rings. The van der Waals surface area contributed by atoms with Crippen molar-refractivity contribution in [2.24, 2.45) is 0 Å². The Kier molecular flexibility index (Phi) is 3.28. The van der Waals surface area contributed by atoms with Crippen LogP contribution in [0, 0.1) is 10.1 Å². The minimum atomic E-state index is -0.396. The zero-order valence-corrected chi connectivity index (χ0v) is 12.0. The molecular formula is C15H10BrNO3. The van der Waals surface area contributed by atoms with E-state index in [-0.39, 0.29) is 5.69 Å². The summed E-state index contributed by atoms with van der Waals surface area (Å²) < 4.78 is 5.76. The Labute approximate surface area is 123 Å². The molecule has 5 heteroatoms. The van der Waals surface area contributed by atoms with E-state index < -0.39 is 4.92 Å². The molecule has 0 fully saturated rings. The second-order valence-electron chi connectivity index (χ2n) is 4.39. The smallest absolute Gasteiger partial charge is 0.280 e. The maximum atomic E-state index is 11.1. The highest BCUT2D eigenvalue weighted by Gasteiger charge is 2.17. The Balaban J connectivity index is 2.18. The van der Waals surface area contributed by atoms with Gasteiger partial charge in [0.25, 0.3) is 5.69 Å². The van der Waals surface area contributed by atoms with E-state index >= 15 is 0 Å². The van der Waals surface area contributed by atoms with Gasteiger partial charge in [-0.05, 0) is 23.8 Å². The Morgan fingerprint density at radius 2 is 1.95 bits per heavy atom. The van der Waals surface area contributed by atoms with Gasteiger partial charge < -0.3 is 4.42 Å². The van der Waals surface area contributed by atoms with Gasteiger partial charge in [0.2, 0.25) is 0 Å². The van der Waals surface area contributed by atoms with Crippen LogP contribution in [-0.4, -0.2) is 4.92 Å². The highest BCUT2D eigenvalue weighted by Crippen LogP contribution is 2.34. The molecule has 0 unspecified atom stereocenters. The fourth-order valence-corrected chi connectivity index (χ4v) is 2.48. The molecule has 0 saturated carbocycles. The third-order valence-corrected chi connectivity index (χ3v) is 3.75. The number of nitro groups is 1. The lowest BCUT2D eigenvalue weighted by molar-refractivity contribution is -0.384. The van der Waals surface area contributed by atoms with Gasteiger partial charge in [0.05, 0.1) is 10.5 Å². The predicted octanol–water partition coefficient (Wildman–Crippen LogP) is 4.90. The van der Waals surface area contributed by atoms with Gasteiger partial charge in [-0.3, -0.25) is 10.1 Å². The standard InChI is InChI=1S/C15H10BrNO3/c16-9-10-5-6-11-8-15(20-14(11)7-10)12-3-1-2-4-13(12)17(18)19/h1-8H,9H2. The number of benzene rings is 2. The quantitative estimate of drug-likeness (QED) is 0.389. The van der Waals surface area contributed by atoms with Crippen molar-refractivity contribution in [3.8, 4) is 11.3 Å². The van der Waals surface area contributed by atoms with Crippen LogP contribution in [0.3, 0.4) is 0 Å². The zero-order valence-electron chi connectivity index (χ0n) is 10.4. The molecule has 1 heterocycles. The van der Waals surface area contributed by atoms with E-state index in [4.69, 9.17) is 4.42 Å². The molecule has 100 valence electrons. The number of fused-ring (bicyclic) bond motifs is 1. The molecule has 4 nitrogen and oxygen atoms in total. The Morgan fingerprint density at radius 3 is 2.70 bits per heavy atom. The average Bonchev–Trinajstić information content (AvgIpc) is 2.89. The first-order valence-electron chi connectivity index (χ1n) is 6.01. The summed E-state index contributed by atoms with van der Waals surface area (Å²) in [6.07, 6.45) is 0. The monoisotopic (exact) mass is 331 g/mol. The van der Waals surface area contributed by atoms with Crippen LogP contribution in [0.2, 0.25) is 0 Å². The van der Waals surface area contributed by atoms with Crippen LogP contribution in [0.4, 0.5) is 5.69 Å². The van der Waals surface area contributed by atoms with Crippen LogP contribution in [0.25, 0.3) is 22.3 Å². The molecule has 0 N–H and O–H groups in total. The summed E-state index contributed by atoms with van der Waals surface area (Å²) in [7, 11) is 0. The van der Waals surface area contributed by atoms with Crippen LogP contribution in [0.15, 0.2) is 52.9 Å². The SMILES string of the molecule is O=[N+]([O-])c1ccccc1-c1cc2ccc(CBr)cc2o1. The molecule has 0 aliphatic carbocycles. The normalized spacial score (nSPS) is 10.8. The number of hydrogen-bond donors (Lipinski definition) is 0. The number of hydrogen-bond acceptors (Lipinski definition) is 3. The summed E-state index contributed by atoms with van der Waals surface area (Å²) in [6, 6.07) is 14.3. The van der Waals surface area contributed by atoms with Crippen molar-refractivity contribution >= 4 is 32.6 Å². The third-order valence-electron chi connectivity index (χ3n) is 3.10. The van der Waals surface area contributed by atoms with Crippen molar-refractivity contribution in [3.63, 3.8) is 0 Å². The van der Waals surface area contributed by atoms with Gasteiger partial charge in [0, 0.05) is 16.8 Å². The van der Waals surface area contributed by atoms with E-state index in [0.717, 1.165) is 21.9 Å². The van der Waals surface area contributed by atoms with Crippen LogP contribution in [-0.2, 0) is 5.33 Å². The second kappa shape index (κ2) is 5.09. The maximum Gasteiger partial charge on any atom is 0.280 e. The number of halogens is 1. The molecule has 1 aromatic heterocycles. The average molecular weight is 332 g/mol. The van der Waals surface area contributed by atoms with E-state index in [0.29, 0.717) is 11.3 Å². The Hall–Kier alpha value is -2.14. The second-order valence-corrected chi connectivity index (χ2v) is 4.95. The van der Waals surface area contributed by atoms with E-state index in [9.17, 15) is 10.1 Å². The summed E-state index contributed by atoms with van der Waals surface area (Å²) in [5, 5.41) is 12.7. The highest BCUT2D eigenvalue weighted by molar-refractivity contribution is 9.08. The minimum Gasteiger partial charge on any atom is -0.456 e. The molecule has 0 spiro atoms. The molecule has 2 aromatic carbocycles. The lowest BCUT2D eigenvalue weighted by atomic mass is 10.1. The predicted molar refractivity (Wildman–Crippen MR) is 80.9 cm³/mol. The molecule has 20 heavy (non-hydrogen) atoms. The summed E-state index contributed by atoms with van der Waals surface area (Å²) >= 11 is 3.39. The first kappa shape index (κ1) is 12.9. The van der Waals surface area contributed by atoms with Gasteiger partial charge in [-0.1, -0.05) is 40.2 Å². The number of nitro benzene ring substituents is 1. The van der Waals surface area contributed by atoms with Crippen molar-refractivity contribution in [1.82, 2.24) is 0 Å². The van der Waals surface area contributed by atoms with Crippen LogP contribution in [0.5, 0.6) is 0 Å². The topological polar surface area (TPSA) is 56.3 Å². The number of rotatable bonds is 3. The van der Waals surface area contributed by atoms with E-state index in [1.807, 2.05) is 24.3 Å². The van der Waals surface area contributed by atoms with E-state index in [1.54, 1.807) is 18.2 Å². The summed E-state index contributed by atoms with van der Waals surface area (Å²) in [5.74, 6) is 0.513. The number of alkyl halides is 1. The van der Waals surface area contributed by atoms with Gasteiger partial charge in [0.15, 0.2) is 0 Å². The fraction of sp³-hybridized carbons (Fsp3) is 0.0667. The Bertz CT molecular complexity index is 795. The van der Waals surface area contributed by atoms with Crippen LogP contribution in [0.1, 0.15) is 5.56 Å². The first-order chi connectivity index (χ1) is 9.69. The molecule has 0 bridgehead atoms. The molecule has 0 amide bonds. The molecule has 0 aliphatic heterocycles. The van der Waals surface area contributed by atoms with Gasteiger partial charge in [-0.15, -0.1) is 0 Å². The third kappa shape index (κ3) is 2.20. The van der Waals surface area contributed by atoms with Crippen molar-refractivity contribution < 1.29 is 9.34 Å². The highest BCUT2D eigenvalue weighted by atomic mass is 79.9. The number of nitrogens with zero attached hydrogens (tertiary/aromatic N) is 1. The lowest BCUT2D eigenvalue weighted by Crippen LogP contribution is -1.90. The van der Waals surface area contributed by atoms with Crippen molar-refractivity contribution in [3.05, 3.63) is 64.2 Å². The molecule has 3 aromatic rings. The van der Waals surface area contributed by atoms with Crippen molar-refractivity contribution in [1.29, 1.82) is 0 Å². The first-order valence-corrected chi connectivity index (χ1v) is 7.13. The zero-order chi connectivity index (χ0) is 14.1. The lowest BCUT2D eigenvalue weighted by Gasteiger charge is -1.98. The summed E-state index contributed by atoms with van der Waals surface area (Å²) in [6.45, 7) is 0. The Morgan fingerprint density at radius 1 is 1.15 bits per heavy atom. The van der Waals surface area contributed by atoms with Gasteiger partial charge in [0.1, 0.15) is 11.3 Å². The number of para-hydroxylation sites is 1. The van der Waals surface area contributed by atoms with Crippen molar-refractivity contribution in [2.45, 2.75) is 5.33 Å². The summed E-state index contributed by atoms with van der Waals surface area (Å²) in [4.78, 5) is 10.7. The molecule has 3 rings (SSSR count). The van der Waals surface area contributed by atoms with Gasteiger partial charge in [-0.2, -0.15) is 0 Å². The van der Waals surface area contributed by atoms with Gasteiger partial charge in [-0.25, -0.2) is 0 Å². The fourth-order valence-electron chi connectivity index (χ4n) is 2.13. The summed E-state index contributed by atoms with van der Waals surface area (Å²) in [5.41, 5.74) is 2.37. The number of furan rings is 1. The van der Waals surface area contributed by atoms with E-state index in [1.165, 1.54) is 6.07 Å². The molecule has 0 atom stereocenters. The van der Waals surface area contributed by atoms with E-state index in [2.05, 4.69) is 15.9 Å². The maximum absolute atomic E-state index is 11.1. The molecular weight excluding hydrogens is 322 g/mol. The van der Waals surface area contributed by atoms with Gasteiger partial charge >= 0.3 is 0 Å². The van der Waals surface area contributed by atoms with Crippen LogP contribution >= 0.6 is 15.9 Å². The molecule has 0 radical (unpaired) electrons. The van der Waals surface area contributed by atoms with Crippen molar-refractivity contribution in [2.75, 3.05) is 0 Å². The largest absolute Gasteiger partial charge is 0.456 e. The van der Waals surface area contributed by atoms with Crippen LogP contribution < -0.4 is 0 Å².